The molecule has 0 unspecified atom stereocenters. The van der Waals surface area contributed by atoms with E-state index in [2.05, 4.69) is 63.8 Å². The number of nitrogens with two attached hydrogens (primary N) is 4. The van der Waals surface area contributed by atoms with Gasteiger partial charge in [0.2, 0.25) is 76.8 Å². The second-order valence-electron chi connectivity index (χ2n) is 31.0. The second kappa shape index (κ2) is 50.1. The fraction of sp³-hybridized carbons (Fsp3) is 0.598. The third kappa shape index (κ3) is 31.4. The first-order valence-corrected chi connectivity index (χ1v) is 40.9. The minimum absolute atomic E-state index is 0.0118. The highest BCUT2D eigenvalue weighted by atomic mass is 16.4. The van der Waals surface area contributed by atoms with Crippen LogP contribution in [0, 0.1) is 29.1 Å². The Hall–Kier alpha value is -10.7. The Morgan fingerprint density at radius 1 is 0.444 bits per heavy atom. The van der Waals surface area contributed by atoms with Gasteiger partial charge in [0.05, 0.1) is 19.2 Å². The van der Waals surface area contributed by atoms with Gasteiger partial charge in [-0.3, -0.25) is 67.7 Å². The number of hydrogen-bond donors (Lipinski definition) is 19. The number of nitrogens with one attached hydrogen (secondary N) is 13. The van der Waals surface area contributed by atoms with Gasteiger partial charge in [0, 0.05) is 32.5 Å². The number of aliphatic hydroxyl groups excluding tert-OH is 1. The van der Waals surface area contributed by atoms with Crippen molar-refractivity contribution in [3.05, 3.63) is 108 Å². The summed E-state index contributed by atoms with van der Waals surface area (Å²) >= 11 is 0. The molecule has 2 aliphatic heterocycles. The normalized spacial score (nSPS) is 17.2. The third-order valence-electron chi connectivity index (χ3n) is 21.2. The minimum Gasteiger partial charge on any atom is -0.480 e. The molecule has 5 rings (SSSR count). The zero-order valence-corrected chi connectivity index (χ0v) is 68.8. The van der Waals surface area contributed by atoms with E-state index in [1.54, 1.807) is 116 Å². The molecule has 0 radical (unpaired) electrons. The fourth-order valence-electron chi connectivity index (χ4n) is 13.9. The van der Waals surface area contributed by atoms with Crippen molar-refractivity contribution in [2.24, 2.45) is 46.6 Å². The van der Waals surface area contributed by atoms with Crippen molar-refractivity contribution in [3.63, 3.8) is 0 Å². The zero-order chi connectivity index (χ0) is 86.4. The summed E-state index contributed by atoms with van der Waals surface area (Å²) in [5.74, 6) is -13.9. The van der Waals surface area contributed by atoms with Crippen LogP contribution in [0.25, 0.3) is 0 Å². The van der Waals surface area contributed by atoms with Gasteiger partial charge in [0.1, 0.15) is 72.5 Å². The van der Waals surface area contributed by atoms with Crippen LogP contribution < -0.4 is 86.7 Å². The Morgan fingerprint density at radius 2 is 0.846 bits per heavy atom. The summed E-state index contributed by atoms with van der Waals surface area (Å²) in [6.45, 7) is 12.5. The molecule has 13 amide bonds. The fourth-order valence-corrected chi connectivity index (χ4v) is 13.9. The molecule has 15 atom stereocenters. The number of aliphatic hydroxyl groups is 1. The van der Waals surface area contributed by atoms with Gasteiger partial charge in [-0.25, -0.2) is 4.79 Å². The molecule has 3 aromatic carbocycles. The van der Waals surface area contributed by atoms with Crippen molar-refractivity contribution in [3.8, 4) is 0 Å². The van der Waals surface area contributed by atoms with Crippen LogP contribution in [-0.2, 0) is 86.4 Å². The minimum atomic E-state index is -1.66. The standard InChI is InChI=1S/C82H127N19O16/c1-9-50(7)67(76(111)89-46-64(103)96-65(48(3)4)77(112)95-61(47-102)73(108)99-68(51(8)10-2)80(115)101-42-26-37-63(101)75(110)94-60(81(116)117)45-54-31-18-13-19-32-54)98-78(113)66(49(5)6)97-71(106)57(35-24-40-88-82(86)87)91-74(109)62-36-25-41-100(62)79(114)58(34-21-23-39-84)92-70(105)56(33-20-22-38-83)90-72(107)59(44-53-29-16-12-17-30-53)93-69(104)55(85)43-52-27-14-11-15-28-52/h11-19,27-32,48-51,55-63,65-68,102H,9-10,20-26,33-47,83-85H2,1-8H3,(H,89,111)(H,90,107)(H,91,109)(H,92,105)(H,93,104)(H,94,110)(H,95,112)(H,96,103)(H,97,106)(H,98,113)(H,99,108)(H,116,117)(H4,86,87,88)/t50-,51-,55-,56-,57-,58-,59-,60-,61-,62-,63-,65-,66-,67-,68-/m0/s1. The lowest BCUT2D eigenvalue weighted by Crippen LogP contribution is -2.61. The van der Waals surface area contributed by atoms with Crippen molar-refractivity contribution in [1.29, 1.82) is 5.41 Å². The van der Waals surface area contributed by atoms with Crippen molar-refractivity contribution >= 4 is 88.7 Å². The van der Waals surface area contributed by atoms with E-state index < -0.39 is 198 Å². The molecule has 0 aromatic heterocycles. The summed E-state index contributed by atoms with van der Waals surface area (Å²) in [5, 5.41) is 60.4. The molecule has 2 aliphatic rings. The molecule has 2 heterocycles. The van der Waals surface area contributed by atoms with Crippen LogP contribution in [0.5, 0.6) is 0 Å². The van der Waals surface area contributed by atoms with E-state index in [0.29, 0.717) is 62.5 Å². The number of carbonyl (C=O) groups excluding carboxylic acids is 13. The van der Waals surface area contributed by atoms with Gasteiger partial charge in [0.25, 0.3) is 0 Å². The quantitative estimate of drug-likeness (QED) is 0.0183. The maximum absolute atomic E-state index is 15.0. The Labute approximate surface area is 685 Å². The third-order valence-corrected chi connectivity index (χ3v) is 21.2. The molecule has 0 aliphatic carbocycles. The van der Waals surface area contributed by atoms with Crippen LogP contribution in [0.2, 0.25) is 0 Å². The van der Waals surface area contributed by atoms with Crippen LogP contribution in [0.3, 0.4) is 0 Å². The first-order chi connectivity index (χ1) is 55.8. The first kappa shape index (κ1) is 96.9. The number of carboxylic acids is 1. The number of carbonyl (C=O) groups is 14. The first-order valence-electron chi connectivity index (χ1n) is 40.9. The van der Waals surface area contributed by atoms with Gasteiger partial charge >= 0.3 is 5.97 Å². The van der Waals surface area contributed by atoms with Gasteiger partial charge in [-0.15, -0.1) is 0 Å². The number of benzene rings is 3. The van der Waals surface area contributed by atoms with Gasteiger partial charge < -0.3 is 107 Å². The van der Waals surface area contributed by atoms with Crippen molar-refractivity contribution in [1.82, 2.24) is 73.6 Å². The highest BCUT2D eigenvalue weighted by Crippen LogP contribution is 2.25. The Balaban J connectivity index is 1.25. The van der Waals surface area contributed by atoms with Crippen LogP contribution >= 0.6 is 0 Å². The molecular formula is C82H127N19O16. The molecular weight excluding hydrogens is 1510 g/mol. The van der Waals surface area contributed by atoms with Crippen molar-refractivity contribution in [2.45, 2.75) is 243 Å². The van der Waals surface area contributed by atoms with E-state index in [1.807, 2.05) is 30.3 Å². The van der Waals surface area contributed by atoms with Crippen LogP contribution in [0.15, 0.2) is 91.0 Å². The summed E-state index contributed by atoms with van der Waals surface area (Å²) in [6, 6.07) is 10.3. The number of amides is 13. The largest absolute Gasteiger partial charge is 0.480 e. The van der Waals surface area contributed by atoms with Gasteiger partial charge in [-0.2, -0.15) is 0 Å². The molecule has 35 nitrogen and oxygen atoms in total. The summed E-state index contributed by atoms with van der Waals surface area (Å²) in [7, 11) is 0. The average molecular weight is 1640 g/mol. The van der Waals surface area contributed by atoms with E-state index in [4.69, 9.17) is 28.3 Å². The van der Waals surface area contributed by atoms with Gasteiger partial charge in [0.15, 0.2) is 5.96 Å². The molecule has 2 saturated heterocycles. The van der Waals surface area contributed by atoms with E-state index >= 15 is 0 Å². The summed E-state index contributed by atoms with van der Waals surface area (Å²) in [6.07, 6.45) is 4.01. The van der Waals surface area contributed by atoms with Crippen molar-refractivity contribution < 1.29 is 77.3 Å². The highest BCUT2D eigenvalue weighted by molar-refractivity contribution is 6.00. The summed E-state index contributed by atoms with van der Waals surface area (Å²) in [5.41, 5.74) is 25.9. The lowest BCUT2D eigenvalue weighted by Gasteiger charge is -2.32. The molecule has 0 bridgehead atoms. The summed E-state index contributed by atoms with van der Waals surface area (Å²) < 4.78 is 0. The molecule has 117 heavy (non-hydrogen) atoms. The number of unbranched alkanes of at least 4 members (excludes halogenated alkanes) is 2. The maximum atomic E-state index is 15.0. The molecule has 3 aromatic rings. The lowest BCUT2D eigenvalue weighted by atomic mass is 9.96. The Bertz CT molecular complexity index is 3770. The summed E-state index contributed by atoms with van der Waals surface area (Å²) in [4.78, 5) is 200. The molecule has 646 valence electrons. The van der Waals surface area contributed by atoms with Crippen LogP contribution in [-0.4, -0.2) is 233 Å². The van der Waals surface area contributed by atoms with Crippen LogP contribution in [0.4, 0.5) is 0 Å². The Morgan fingerprint density at radius 3 is 1.35 bits per heavy atom. The predicted octanol–water partition coefficient (Wildman–Crippen LogP) is -1.01. The number of rotatable bonds is 50. The van der Waals surface area contributed by atoms with E-state index in [9.17, 15) is 77.3 Å². The Kier molecular flexibility index (Phi) is 41.5. The van der Waals surface area contributed by atoms with E-state index in [-0.39, 0.29) is 96.5 Å². The number of carboxylic acid groups (broad SMARTS) is 1. The van der Waals surface area contributed by atoms with Gasteiger partial charge in [-0.05, 0) is 137 Å². The number of aliphatic carboxylic acids is 1. The zero-order valence-electron chi connectivity index (χ0n) is 68.8. The topological polar surface area (TPSA) is 558 Å². The SMILES string of the molecule is CC[C@H](C)[C@H](NC(=O)[C@@H](NC(=O)[C@H](CCCNC(=N)N)NC(=O)[C@@H]1CCCN1C(=O)[C@H](CCCCN)NC(=O)[C@H](CCCCN)NC(=O)[C@H](Cc1ccccc1)NC(=O)[C@@H](N)Cc1ccccc1)C(C)C)C(=O)NCC(=O)N[C@H](C(=O)N[C@@H](CO)C(=O)N[C@H](C(=O)N1CCC[C@H]1C(=O)N[C@@H](Cc1ccccc1)C(=O)O)[C@@H](C)CC)C(C)C. The van der Waals surface area contributed by atoms with Gasteiger partial charge in [-0.1, -0.05) is 159 Å². The molecule has 0 saturated carbocycles. The smallest absolute Gasteiger partial charge is 0.326 e. The van der Waals surface area contributed by atoms with E-state index in [1.165, 1.54) is 9.80 Å². The molecule has 35 heteroatoms. The maximum Gasteiger partial charge on any atom is 0.326 e. The number of likely N-dealkylation sites (tertiary alicyclic amines) is 2. The van der Waals surface area contributed by atoms with Crippen molar-refractivity contribution in [2.75, 3.05) is 45.9 Å². The van der Waals surface area contributed by atoms with E-state index in [0.717, 1.165) is 5.56 Å². The predicted molar refractivity (Wildman–Crippen MR) is 438 cm³/mol. The highest BCUT2D eigenvalue weighted by Gasteiger charge is 2.44. The second-order valence-corrected chi connectivity index (χ2v) is 31.0. The number of guanidine groups is 1. The lowest BCUT2D eigenvalue weighted by molar-refractivity contribution is -0.145. The molecule has 2 fully saturated rings. The molecule has 23 N–H and O–H groups in total. The monoisotopic (exact) mass is 1630 g/mol. The number of nitrogens with zero attached hydrogens (tertiary/aromatic N) is 2. The number of hydrogen-bond acceptors (Lipinski definition) is 19. The average Bonchev–Trinajstić information content (AvgIpc) is 1.72. The van der Waals surface area contributed by atoms with Crippen LogP contribution in [0.1, 0.15) is 162 Å². The molecule has 0 spiro atoms.